The predicted molar refractivity (Wildman–Crippen MR) is 73.4 cm³/mol. The monoisotopic (exact) mass is 284 g/mol. The van der Waals surface area contributed by atoms with Crippen molar-refractivity contribution < 1.29 is 19.8 Å². The highest BCUT2D eigenvalue weighted by Gasteiger charge is 2.34. The zero-order valence-corrected chi connectivity index (χ0v) is 11.8. The lowest BCUT2D eigenvalue weighted by Crippen LogP contribution is -2.53. The van der Waals surface area contributed by atoms with Gasteiger partial charge in [0.05, 0.1) is 5.92 Å². The molecule has 6 heteroatoms. The summed E-state index contributed by atoms with van der Waals surface area (Å²) < 4.78 is 0. The average Bonchev–Trinajstić information content (AvgIpc) is 2.40. The zero-order valence-electron chi connectivity index (χ0n) is 11.8. The molecule has 2 aliphatic rings. The first-order valence-corrected chi connectivity index (χ1v) is 7.52. The summed E-state index contributed by atoms with van der Waals surface area (Å²) in [6, 6.07) is 0.230. The molecule has 0 aromatic rings. The Hall–Kier alpha value is -1.30. The summed E-state index contributed by atoms with van der Waals surface area (Å²) in [6.45, 7) is 1.60. The number of urea groups is 1. The van der Waals surface area contributed by atoms with E-state index < -0.39 is 11.9 Å². The molecule has 2 rings (SSSR count). The SMILES string of the molecule is O=C(O)[C@H]1CCCN(C(=O)N(CCCO)C2CCC2)C1. The fourth-order valence-corrected chi connectivity index (χ4v) is 2.91. The quantitative estimate of drug-likeness (QED) is 0.793. The standard InChI is InChI=1S/C14H24N2O4/c17-9-3-8-16(12-5-1-6-12)14(20)15-7-2-4-11(10-15)13(18)19/h11-12,17H,1-10H2,(H,18,19)/t11-/m0/s1. The van der Waals surface area contributed by atoms with Gasteiger partial charge in [-0.2, -0.15) is 0 Å². The van der Waals surface area contributed by atoms with Gasteiger partial charge in [0.1, 0.15) is 0 Å². The molecule has 1 saturated carbocycles. The van der Waals surface area contributed by atoms with Gasteiger partial charge in [-0.15, -0.1) is 0 Å². The third-order valence-corrected chi connectivity index (χ3v) is 4.36. The van der Waals surface area contributed by atoms with Crippen LogP contribution in [0.1, 0.15) is 38.5 Å². The summed E-state index contributed by atoms with van der Waals surface area (Å²) in [6.07, 6.45) is 5.17. The third-order valence-electron chi connectivity index (χ3n) is 4.36. The van der Waals surface area contributed by atoms with Crippen LogP contribution < -0.4 is 0 Å². The molecule has 2 amide bonds. The maximum atomic E-state index is 12.6. The summed E-state index contributed by atoms with van der Waals surface area (Å²) in [4.78, 5) is 27.2. The molecule has 6 nitrogen and oxygen atoms in total. The number of piperidine rings is 1. The number of nitrogens with zero attached hydrogens (tertiary/aromatic N) is 2. The topological polar surface area (TPSA) is 81.1 Å². The third kappa shape index (κ3) is 3.42. The second kappa shape index (κ2) is 6.92. The first kappa shape index (κ1) is 15.1. The van der Waals surface area contributed by atoms with Gasteiger partial charge in [-0.05, 0) is 38.5 Å². The fraction of sp³-hybridized carbons (Fsp3) is 0.857. The van der Waals surface area contributed by atoms with E-state index in [1.54, 1.807) is 4.90 Å². The molecule has 0 aromatic carbocycles. The van der Waals surface area contributed by atoms with Crippen molar-refractivity contribution in [2.75, 3.05) is 26.2 Å². The van der Waals surface area contributed by atoms with Crippen LogP contribution in [0.25, 0.3) is 0 Å². The Morgan fingerprint density at radius 2 is 1.95 bits per heavy atom. The van der Waals surface area contributed by atoms with Gasteiger partial charge in [0.25, 0.3) is 0 Å². The minimum absolute atomic E-state index is 0.0471. The van der Waals surface area contributed by atoms with Crippen LogP contribution in [0.5, 0.6) is 0 Å². The number of aliphatic hydroxyl groups excluding tert-OH is 1. The fourth-order valence-electron chi connectivity index (χ4n) is 2.91. The molecule has 1 aliphatic heterocycles. The highest BCUT2D eigenvalue weighted by Crippen LogP contribution is 2.27. The van der Waals surface area contributed by atoms with E-state index in [4.69, 9.17) is 10.2 Å². The number of amides is 2. The molecule has 2 N–H and O–H groups in total. The molecular formula is C14H24N2O4. The maximum Gasteiger partial charge on any atom is 0.320 e. The van der Waals surface area contributed by atoms with Crippen LogP contribution in [0, 0.1) is 5.92 Å². The Bertz CT molecular complexity index is 357. The Labute approximate surface area is 119 Å². The van der Waals surface area contributed by atoms with Crippen LogP contribution >= 0.6 is 0 Å². The van der Waals surface area contributed by atoms with Gasteiger partial charge in [0.15, 0.2) is 0 Å². The number of carbonyl (C=O) groups is 2. The predicted octanol–water partition coefficient (Wildman–Crippen LogP) is 1.14. The van der Waals surface area contributed by atoms with E-state index in [0.717, 1.165) is 25.7 Å². The van der Waals surface area contributed by atoms with E-state index >= 15 is 0 Å². The number of likely N-dealkylation sites (tertiary alicyclic amines) is 1. The van der Waals surface area contributed by atoms with Gasteiger partial charge in [-0.25, -0.2) is 4.79 Å². The highest BCUT2D eigenvalue weighted by molar-refractivity contribution is 5.77. The Balaban J connectivity index is 1.96. The first-order valence-electron chi connectivity index (χ1n) is 7.52. The van der Waals surface area contributed by atoms with E-state index in [1.807, 2.05) is 4.90 Å². The van der Waals surface area contributed by atoms with Crippen molar-refractivity contribution in [3.8, 4) is 0 Å². The molecule has 2 fully saturated rings. The van der Waals surface area contributed by atoms with Crippen molar-refractivity contribution in [3.63, 3.8) is 0 Å². The van der Waals surface area contributed by atoms with Crippen molar-refractivity contribution in [1.29, 1.82) is 0 Å². The Morgan fingerprint density at radius 3 is 2.50 bits per heavy atom. The van der Waals surface area contributed by atoms with Crippen LogP contribution in [-0.4, -0.2) is 64.3 Å². The van der Waals surface area contributed by atoms with Gasteiger partial charge >= 0.3 is 12.0 Å². The second-order valence-corrected chi connectivity index (χ2v) is 5.76. The van der Waals surface area contributed by atoms with Gasteiger partial charge < -0.3 is 20.0 Å². The van der Waals surface area contributed by atoms with Gasteiger partial charge in [0.2, 0.25) is 0 Å². The number of rotatable bonds is 5. The highest BCUT2D eigenvalue weighted by atomic mass is 16.4. The molecule has 0 unspecified atom stereocenters. The minimum atomic E-state index is -0.812. The molecular weight excluding hydrogens is 260 g/mol. The molecule has 0 spiro atoms. The smallest absolute Gasteiger partial charge is 0.320 e. The molecule has 114 valence electrons. The number of hydrogen-bond donors (Lipinski definition) is 2. The number of carboxylic acid groups (broad SMARTS) is 1. The molecule has 0 radical (unpaired) electrons. The number of carboxylic acids is 1. The first-order chi connectivity index (χ1) is 9.63. The summed E-state index contributed by atoms with van der Waals surface area (Å²) >= 11 is 0. The van der Waals surface area contributed by atoms with Crippen LogP contribution in [0.2, 0.25) is 0 Å². The molecule has 20 heavy (non-hydrogen) atoms. The Kier molecular flexibility index (Phi) is 5.23. The van der Waals surface area contributed by atoms with Gasteiger partial charge in [-0.3, -0.25) is 4.79 Å². The number of aliphatic hydroxyl groups is 1. The molecule has 1 atom stereocenters. The number of aliphatic carboxylic acids is 1. The summed E-state index contributed by atoms with van der Waals surface area (Å²) in [5, 5.41) is 18.1. The van der Waals surface area contributed by atoms with E-state index in [2.05, 4.69) is 0 Å². The van der Waals surface area contributed by atoms with Crippen molar-refractivity contribution in [2.24, 2.45) is 5.92 Å². The lowest BCUT2D eigenvalue weighted by atomic mass is 9.91. The van der Waals surface area contributed by atoms with Crippen molar-refractivity contribution in [3.05, 3.63) is 0 Å². The van der Waals surface area contributed by atoms with Crippen LogP contribution in [0.3, 0.4) is 0 Å². The van der Waals surface area contributed by atoms with Gasteiger partial charge in [-0.1, -0.05) is 0 Å². The van der Waals surface area contributed by atoms with E-state index in [9.17, 15) is 9.59 Å². The zero-order chi connectivity index (χ0) is 14.5. The summed E-state index contributed by atoms with van der Waals surface area (Å²) in [5.74, 6) is -1.25. The van der Waals surface area contributed by atoms with Crippen molar-refractivity contribution in [1.82, 2.24) is 9.80 Å². The second-order valence-electron chi connectivity index (χ2n) is 5.76. The average molecular weight is 284 g/mol. The normalized spacial score (nSPS) is 23.2. The summed E-state index contributed by atoms with van der Waals surface area (Å²) in [5.41, 5.74) is 0. The minimum Gasteiger partial charge on any atom is -0.481 e. The number of hydrogen-bond acceptors (Lipinski definition) is 3. The number of carbonyl (C=O) groups excluding carboxylic acids is 1. The van der Waals surface area contributed by atoms with E-state index in [1.165, 1.54) is 0 Å². The molecule has 0 aromatic heterocycles. The van der Waals surface area contributed by atoms with Crippen LogP contribution in [0.15, 0.2) is 0 Å². The van der Waals surface area contributed by atoms with Crippen LogP contribution in [0.4, 0.5) is 4.79 Å². The molecule has 1 heterocycles. The molecule has 1 saturated heterocycles. The Morgan fingerprint density at radius 1 is 1.20 bits per heavy atom. The lowest BCUT2D eigenvalue weighted by molar-refractivity contribution is -0.143. The molecule has 1 aliphatic carbocycles. The maximum absolute atomic E-state index is 12.6. The van der Waals surface area contributed by atoms with Crippen molar-refractivity contribution >= 4 is 12.0 Å². The van der Waals surface area contributed by atoms with E-state index in [0.29, 0.717) is 32.5 Å². The largest absolute Gasteiger partial charge is 0.481 e. The van der Waals surface area contributed by atoms with Crippen LogP contribution in [-0.2, 0) is 4.79 Å². The molecule has 0 bridgehead atoms. The lowest BCUT2D eigenvalue weighted by Gasteiger charge is -2.42. The summed E-state index contributed by atoms with van der Waals surface area (Å²) in [7, 11) is 0. The van der Waals surface area contributed by atoms with Crippen molar-refractivity contribution in [2.45, 2.75) is 44.6 Å². The van der Waals surface area contributed by atoms with E-state index in [-0.39, 0.29) is 18.7 Å². The van der Waals surface area contributed by atoms with Gasteiger partial charge in [0, 0.05) is 32.3 Å².